The Balaban J connectivity index is 1.92. The summed E-state index contributed by atoms with van der Waals surface area (Å²) in [7, 11) is 0. The van der Waals surface area contributed by atoms with Gasteiger partial charge in [-0.05, 0) is 18.6 Å². The Morgan fingerprint density at radius 3 is 2.70 bits per heavy atom. The van der Waals surface area contributed by atoms with E-state index in [-0.39, 0.29) is 12.8 Å². The van der Waals surface area contributed by atoms with Crippen LogP contribution in [0.25, 0.3) is 22.4 Å². The van der Waals surface area contributed by atoms with Gasteiger partial charge in [-0.25, -0.2) is 4.98 Å². The first-order valence-electron chi connectivity index (χ1n) is 7.72. The Morgan fingerprint density at radius 2 is 1.96 bits per heavy atom. The first kappa shape index (κ1) is 14.0. The van der Waals surface area contributed by atoms with E-state index in [1.807, 2.05) is 24.3 Å². The van der Waals surface area contributed by atoms with Crippen LogP contribution >= 0.6 is 0 Å². The monoisotopic (exact) mass is 310 g/mol. The zero-order valence-corrected chi connectivity index (χ0v) is 12.9. The fourth-order valence-electron chi connectivity index (χ4n) is 2.78. The molecule has 118 valence electrons. The highest BCUT2D eigenvalue weighted by atomic mass is 16.7. The maximum absolute atomic E-state index is 6.20. The highest BCUT2D eigenvalue weighted by molar-refractivity contribution is 5.84. The lowest BCUT2D eigenvalue weighted by Gasteiger charge is -2.14. The van der Waals surface area contributed by atoms with Gasteiger partial charge in [0.15, 0.2) is 11.5 Å². The van der Waals surface area contributed by atoms with Crippen LogP contribution in [0.4, 0.5) is 0 Å². The lowest BCUT2D eigenvalue weighted by molar-refractivity contribution is 0.174. The van der Waals surface area contributed by atoms with Crippen molar-refractivity contribution in [1.29, 1.82) is 0 Å². The molecule has 0 saturated heterocycles. The van der Waals surface area contributed by atoms with Crippen molar-refractivity contribution in [2.45, 2.75) is 25.9 Å². The van der Waals surface area contributed by atoms with Crippen molar-refractivity contribution in [3.63, 3.8) is 0 Å². The molecule has 0 aliphatic carbocycles. The van der Waals surface area contributed by atoms with Crippen molar-refractivity contribution in [3.8, 4) is 22.9 Å². The summed E-state index contributed by atoms with van der Waals surface area (Å²) in [5.74, 6) is 2.38. The molecule has 2 aromatic heterocycles. The number of rotatable bonds is 4. The van der Waals surface area contributed by atoms with Gasteiger partial charge in [-0.3, -0.25) is 4.98 Å². The molecule has 0 amide bonds. The molecule has 0 radical (unpaired) electrons. The van der Waals surface area contributed by atoms with Crippen LogP contribution in [0, 0.1) is 0 Å². The number of aromatic nitrogens is 3. The number of hydrogen-bond acceptors (Lipinski definition) is 5. The van der Waals surface area contributed by atoms with Crippen LogP contribution in [0.3, 0.4) is 0 Å². The number of hydrogen-bond donors (Lipinski definition) is 1. The average Bonchev–Trinajstić information content (AvgIpc) is 3.18. The van der Waals surface area contributed by atoms with E-state index in [0.717, 1.165) is 40.3 Å². The average molecular weight is 310 g/mol. The van der Waals surface area contributed by atoms with Crippen LogP contribution in [-0.2, 0) is 6.54 Å². The second-order valence-corrected chi connectivity index (χ2v) is 5.64. The summed E-state index contributed by atoms with van der Waals surface area (Å²) in [6.45, 7) is 3.04. The molecule has 0 saturated carbocycles. The van der Waals surface area contributed by atoms with Crippen molar-refractivity contribution in [2.24, 2.45) is 5.73 Å². The fourth-order valence-corrected chi connectivity index (χ4v) is 2.78. The van der Waals surface area contributed by atoms with E-state index in [1.165, 1.54) is 0 Å². The smallest absolute Gasteiger partial charge is 0.231 e. The first-order chi connectivity index (χ1) is 11.3. The summed E-state index contributed by atoms with van der Waals surface area (Å²) >= 11 is 0. The quantitative estimate of drug-likeness (QED) is 0.801. The van der Waals surface area contributed by atoms with Crippen LogP contribution in [0.5, 0.6) is 11.5 Å². The largest absolute Gasteiger partial charge is 0.454 e. The molecule has 4 rings (SSSR count). The van der Waals surface area contributed by atoms with E-state index in [1.54, 1.807) is 12.4 Å². The predicted octanol–water partition coefficient (Wildman–Crippen LogP) is 2.56. The molecule has 6 heteroatoms. The van der Waals surface area contributed by atoms with Crippen LogP contribution in [0.2, 0.25) is 0 Å². The Hall–Kier alpha value is -2.60. The van der Waals surface area contributed by atoms with Gasteiger partial charge in [-0.1, -0.05) is 6.92 Å². The normalized spacial score (nSPS) is 14.3. The highest BCUT2D eigenvalue weighted by Gasteiger charge is 2.20. The van der Waals surface area contributed by atoms with Crippen LogP contribution in [-0.4, -0.2) is 27.4 Å². The third-order valence-electron chi connectivity index (χ3n) is 4.12. The van der Waals surface area contributed by atoms with E-state index in [0.29, 0.717) is 6.54 Å². The topological polar surface area (TPSA) is 75.2 Å². The third-order valence-corrected chi connectivity index (χ3v) is 4.12. The van der Waals surface area contributed by atoms with E-state index in [4.69, 9.17) is 20.2 Å². The Kier molecular flexibility index (Phi) is 3.38. The van der Waals surface area contributed by atoms with E-state index < -0.39 is 0 Å². The Morgan fingerprint density at radius 1 is 1.22 bits per heavy atom. The number of fused-ring (bicyclic) bond motifs is 2. The predicted molar refractivity (Wildman–Crippen MR) is 87.4 cm³/mol. The molecule has 1 aromatic carbocycles. The first-order valence-corrected chi connectivity index (χ1v) is 7.72. The fraction of sp³-hybridized carbons (Fsp3) is 0.294. The zero-order chi connectivity index (χ0) is 15.8. The van der Waals surface area contributed by atoms with E-state index in [9.17, 15) is 0 Å². The van der Waals surface area contributed by atoms with Gasteiger partial charge < -0.3 is 19.8 Å². The second-order valence-electron chi connectivity index (χ2n) is 5.64. The lowest BCUT2D eigenvalue weighted by atomic mass is 10.2. The minimum atomic E-state index is 0.0680. The van der Waals surface area contributed by atoms with Gasteiger partial charge in [0, 0.05) is 42.7 Å². The van der Waals surface area contributed by atoms with Crippen molar-refractivity contribution in [2.75, 3.05) is 6.79 Å². The number of ether oxygens (including phenoxy) is 2. The van der Waals surface area contributed by atoms with Crippen molar-refractivity contribution in [1.82, 2.24) is 14.5 Å². The van der Waals surface area contributed by atoms with E-state index >= 15 is 0 Å². The summed E-state index contributed by atoms with van der Waals surface area (Å²) < 4.78 is 13.1. The lowest BCUT2D eigenvalue weighted by Crippen LogP contribution is -2.25. The minimum absolute atomic E-state index is 0.0680. The number of nitrogens with zero attached hydrogens (tertiary/aromatic N) is 3. The molecule has 23 heavy (non-hydrogen) atoms. The summed E-state index contributed by atoms with van der Waals surface area (Å²) in [5, 5.41) is 0. The van der Waals surface area contributed by atoms with Crippen LogP contribution in [0.15, 0.2) is 36.7 Å². The summed E-state index contributed by atoms with van der Waals surface area (Å²) in [6.07, 6.45) is 4.44. The summed E-state index contributed by atoms with van der Waals surface area (Å²) in [4.78, 5) is 8.87. The van der Waals surface area contributed by atoms with E-state index in [2.05, 4.69) is 16.5 Å². The maximum atomic E-state index is 6.20. The molecule has 1 atom stereocenters. The summed E-state index contributed by atoms with van der Waals surface area (Å²) in [6, 6.07) is 7.89. The van der Waals surface area contributed by atoms with Gasteiger partial charge in [0.25, 0.3) is 0 Å². The molecular weight excluding hydrogens is 292 g/mol. The van der Waals surface area contributed by atoms with Crippen LogP contribution in [0.1, 0.15) is 13.3 Å². The number of pyridine rings is 1. The minimum Gasteiger partial charge on any atom is -0.454 e. The Bertz CT molecular complexity index is 845. The SMILES string of the molecule is CCC(N)Cn1c(-c2ccncc2)nc2cc3c(cc21)OCO3. The van der Waals surface area contributed by atoms with Gasteiger partial charge in [-0.2, -0.15) is 0 Å². The second kappa shape index (κ2) is 5.55. The van der Waals surface area contributed by atoms with Crippen LogP contribution < -0.4 is 15.2 Å². The molecule has 1 aliphatic heterocycles. The van der Waals surface area contributed by atoms with Gasteiger partial charge in [0.2, 0.25) is 6.79 Å². The molecule has 3 heterocycles. The maximum Gasteiger partial charge on any atom is 0.231 e. The number of benzene rings is 1. The van der Waals surface area contributed by atoms with Gasteiger partial charge in [-0.15, -0.1) is 0 Å². The highest BCUT2D eigenvalue weighted by Crippen LogP contribution is 2.37. The van der Waals surface area contributed by atoms with Crippen molar-refractivity contribution >= 4 is 11.0 Å². The Labute approximate surface area is 133 Å². The van der Waals surface area contributed by atoms with Gasteiger partial charge >= 0.3 is 0 Å². The van der Waals surface area contributed by atoms with Gasteiger partial charge in [0.1, 0.15) is 5.82 Å². The molecule has 6 nitrogen and oxygen atoms in total. The third kappa shape index (κ3) is 2.41. The molecule has 0 bridgehead atoms. The molecule has 1 aliphatic rings. The number of imidazole rings is 1. The zero-order valence-electron chi connectivity index (χ0n) is 12.9. The summed E-state index contributed by atoms with van der Waals surface area (Å²) in [5.41, 5.74) is 9.10. The number of nitrogens with two attached hydrogens (primary N) is 1. The molecule has 0 spiro atoms. The van der Waals surface area contributed by atoms with Crippen molar-refractivity contribution < 1.29 is 9.47 Å². The molecule has 0 fully saturated rings. The molecular formula is C17H18N4O2. The molecule has 2 N–H and O–H groups in total. The van der Waals surface area contributed by atoms with Gasteiger partial charge in [0.05, 0.1) is 11.0 Å². The standard InChI is InChI=1S/C17H18N4O2/c1-2-12(18)9-21-14-8-16-15(22-10-23-16)7-13(14)20-17(21)11-3-5-19-6-4-11/h3-8,12H,2,9-10,18H2,1H3. The molecule has 1 unspecified atom stereocenters. The molecule has 3 aromatic rings. The van der Waals surface area contributed by atoms with Crippen molar-refractivity contribution in [3.05, 3.63) is 36.7 Å².